The van der Waals surface area contributed by atoms with Crippen molar-refractivity contribution in [3.63, 3.8) is 0 Å². The monoisotopic (exact) mass is 744 g/mol. The van der Waals surface area contributed by atoms with Gasteiger partial charge in [0.25, 0.3) is 0 Å². The summed E-state index contributed by atoms with van der Waals surface area (Å²) in [4.78, 5) is 74.6. The van der Waals surface area contributed by atoms with Gasteiger partial charge in [-0.15, -0.1) is 0 Å². The van der Waals surface area contributed by atoms with E-state index in [0.717, 1.165) is 0 Å². The Morgan fingerprint density at radius 2 is 1.17 bits per heavy atom. The molecule has 0 saturated carbocycles. The van der Waals surface area contributed by atoms with E-state index in [2.05, 4.69) is 0 Å². The third kappa shape index (κ3) is 9.85. The number of carbonyl (C=O) groups is 6. The Balaban J connectivity index is 1.34. The van der Waals surface area contributed by atoms with Gasteiger partial charge in [-0.05, 0) is 106 Å². The third-order valence-electron chi connectivity index (χ3n) is 8.26. The SMILES string of the molecule is CC(C)(O)C(=O)c1ccc(OCCOC(=O)c2cc(C3=CCC(C(=O)O)(C(=O)OCCOc4ccc(C(=O)C(C)(C)O)cc4)C=C3)ccc2C(=O)O)cc1. The number of aliphatic hydroxyl groups is 2. The van der Waals surface area contributed by atoms with Crippen LogP contribution in [-0.2, 0) is 19.1 Å². The van der Waals surface area contributed by atoms with Crippen LogP contribution in [0, 0.1) is 5.41 Å². The molecule has 1 atom stereocenters. The van der Waals surface area contributed by atoms with Crippen LogP contribution >= 0.6 is 0 Å². The molecular weight excluding hydrogens is 704 g/mol. The number of carboxylic acid groups (broad SMARTS) is 2. The number of rotatable bonds is 17. The molecule has 4 rings (SSSR count). The number of hydrogen-bond acceptors (Lipinski definition) is 12. The van der Waals surface area contributed by atoms with Crippen molar-refractivity contribution in [1.29, 1.82) is 0 Å². The second-order valence-corrected chi connectivity index (χ2v) is 13.3. The minimum atomic E-state index is -2.06. The van der Waals surface area contributed by atoms with Crippen LogP contribution in [0.25, 0.3) is 5.57 Å². The van der Waals surface area contributed by atoms with E-state index >= 15 is 0 Å². The lowest BCUT2D eigenvalue weighted by Crippen LogP contribution is -2.40. The van der Waals surface area contributed by atoms with E-state index in [4.69, 9.17) is 18.9 Å². The summed E-state index contributed by atoms with van der Waals surface area (Å²) in [6.07, 6.45) is 3.68. The molecule has 0 aliphatic heterocycles. The van der Waals surface area contributed by atoms with Gasteiger partial charge in [0.1, 0.15) is 49.1 Å². The average molecular weight is 745 g/mol. The molecule has 14 nitrogen and oxygen atoms in total. The van der Waals surface area contributed by atoms with Crippen LogP contribution in [0.15, 0.2) is 85.0 Å². The van der Waals surface area contributed by atoms with Gasteiger partial charge in [0, 0.05) is 11.1 Å². The quantitative estimate of drug-likeness (QED) is 0.0644. The standard InChI is InChI=1S/C40H40O14/c1-38(2,49)32(41)25-5-10-28(11-6-25)51-19-21-53-35(45)31-23-27(9-14-30(31)34(43)44)24-15-17-40(18-16-24,36(46)47)37(48)54-22-20-52-29-12-7-26(8-13-29)33(42)39(3,4)50/h5-17,23,49-50H,18-22H2,1-4H3,(H,43,44)(H,46,47). The third-order valence-corrected chi connectivity index (χ3v) is 8.26. The maximum Gasteiger partial charge on any atom is 0.339 e. The zero-order valence-electron chi connectivity index (χ0n) is 30.0. The number of aliphatic carboxylic acids is 1. The number of esters is 2. The van der Waals surface area contributed by atoms with Crippen molar-refractivity contribution in [2.24, 2.45) is 5.41 Å². The van der Waals surface area contributed by atoms with Gasteiger partial charge >= 0.3 is 23.9 Å². The summed E-state index contributed by atoms with van der Waals surface area (Å²) in [5.74, 6) is -5.05. The van der Waals surface area contributed by atoms with Gasteiger partial charge < -0.3 is 39.4 Å². The number of Topliss-reactive ketones (excluding diaryl/α,β-unsaturated/α-hetero) is 2. The van der Waals surface area contributed by atoms with Crippen LogP contribution in [0.5, 0.6) is 11.5 Å². The van der Waals surface area contributed by atoms with Crippen molar-refractivity contribution in [2.75, 3.05) is 26.4 Å². The minimum absolute atomic E-state index is 0.0979. The highest BCUT2D eigenvalue weighted by molar-refractivity contribution is 6.05. The summed E-state index contributed by atoms with van der Waals surface area (Å²) in [5.41, 5.74) is -4.41. The fourth-order valence-corrected chi connectivity index (χ4v) is 5.24. The highest BCUT2D eigenvalue weighted by atomic mass is 16.6. The van der Waals surface area contributed by atoms with E-state index in [1.807, 2.05) is 0 Å². The van der Waals surface area contributed by atoms with Crippen molar-refractivity contribution >= 4 is 41.0 Å². The minimum Gasteiger partial charge on any atom is -0.490 e. The second-order valence-electron chi connectivity index (χ2n) is 13.3. The Hall–Kier alpha value is -6.12. The lowest BCUT2D eigenvalue weighted by atomic mass is 9.79. The first-order valence-corrected chi connectivity index (χ1v) is 16.7. The fraction of sp³-hybridized carbons (Fsp3) is 0.300. The number of ether oxygens (including phenoxy) is 4. The summed E-state index contributed by atoms with van der Waals surface area (Å²) in [6.45, 7) is 4.76. The molecule has 0 amide bonds. The van der Waals surface area contributed by atoms with Gasteiger partial charge in [0.2, 0.25) is 0 Å². The van der Waals surface area contributed by atoms with E-state index < -0.39 is 52.1 Å². The summed E-state index contributed by atoms with van der Waals surface area (Å²) in [7, 11) is 0. The van der Waals surface area contributed by atoms with Crippen molar-refractivity contribution in [3.05, 3.63) is 113 Å². The second kappa shape index (κ2) is 16.7. The molecule has 3 aromatic rings. The number of allylic oxidation sites excluding steroid dienone is 3. The molecule has 0 radical (unpaired) electrons. The zero-order chi connectivity index (χ0) is 39.8. The predicted octanol–water partition coefficient (Wildman–Crippen LogP) is 4.56. The largest absolute Gasteiger partial charge is 0.490 e. The molecule has 0 fully saturated rings. The van der Waals surface area contributed by atoms with Crippen LogP contribution in [0.4, 0.5) is 0 Å². The molecule has 1 aliphatic rings. The molecule has 54 heavy (non-hydrogen) atoms. The predicted molar refractivity (Wildman–Crippen MR) is 192 cm³/mol. The Morgan fingerprint density at radius 3 is 1.59 bits per heavy atom. The number of carboxylic acids is 2. The number of benzene rings is 3. The summed E-state index contributed by atoms with van der Waals surface area (Å²) < 4.78 is 21.6. The zero-order valence-corrected chi connectivity index (χ0v) is 30.0. The fourth-order valence-electron chi connectivity index (χ4n) is 5.24. The van der Waals surface area contributed by atoms with Crippen molar-refractivity contribution in [2.45, 2.75) is 45.3 Å². The van der Waals surface area contributed by atoms with Crippen molar-refractivity contribution in [1.82, 2.24) is 0 Å². The molecule has 3 aromatic carbocycles. The molecule has 14 heteroatoms. The average Bonchev–Trinajstić information content (AvgIpc) is 3.13. The molecule has 0 spiro atoms. The highest BCUT2D eigenvalue weighted by Crippen LogP contribution is 2.35. The topological polar surface area (TPSA) is 220 Å². The van der Waals surface area contributed by atoms with Gasteiger partial charge in [-0.25, -0.2) is 9.59 Å². The van der Waals surface area contributed by atoms with E-state index in [0.29, 0.717) is 22.6 Å². The number of ketones is 2. The summed E-state index contributed by atoms with van der Waals surface area (Å²) >= 11 is 0. The van der Waals surface area contributed by atoms with Crippen LogP contribution < -0.4 is 9.47 Å². The first-order valence-electron chi connectivity index (χ1n) is 16.7. The Kier molecular flexibility index (Phi) is 12.6. The van der Waals surface area contributed by atoms with Gasteiger partial charge in [-0.2, -0.15) is 0 Å². The van der Waals surface area contributed by atoms with E-state index in [9.17, 15) is 49.2 Å². The molecule has 0 saturated heterocycles. The summed E-state index contributed by atoms with van der Waals surface area (Å²) in [6, 6.07) is 15.9. The first kappa shape index (κ1) is 40.6. The maximum absolute atomic E-state index is 13.0. The molecule has 0 heterocycles. The molecular formula is C40H40O14. The maximum atomic E-state index is 13.0. The lowest BCUT2D eigenvalue weighted by Gasteiger charge is -2.26. The van der Waals surface area contributed by atoms with Crippen LogP contribution in [-0.4, -0.2) is 93.5 Å². The Labute approximate surface area is 310 Å². The number of hydrogen-bond donors (Lipinski definition) is 4. The van der Waals surface area contributed by atoms with Gasteiger partial charge in [0.05, 0.1) is 11.1 Å². The lowest BCUT2D eigenvalue weighted by molar-refractivity contribution is -0.165. The number of carbonyl (C=O) groups excluding carboxylic acids is 4. The van der Waals surface area contributed by atoms with E-state index in [-0.39, 0.29) is 55.1 Å². The van der Waals surface area contributed by atoms with Gasteiger partial charge in [-0.3, -0.25) is 19.2 Å². The molecule has 0 aromatic heterocycles. The highest BCUT2D eigenvalue weighted by Gasteiger charge is 2.46. The number of aromatic carboxylic acids is 1. The van der Waals surface area contributed by atoms with Gasteiger partial charge in [0.15, 0.2) is 17.0 Å². The first-order chi connectivity index (χ1) is 25.3. The Bertz CT molecular complexity index is 1980. The van der Waals surface area contributed by atoms with Gasteiger partial charge in [-0.1, -0.05) is 24.3 Å². The molecule has 4 N–H and O–H groups in total. The van der Waals surface area contributed by atoms with Crippen LogP contribution in [0.2, 0.25) is 0 Å². The smallest absolute Gasteiger partial charge is 0.339 e. The normalized spacial score (nSPS) is 15.4. The van der Waals surface area contributed by atoms with Crippen molar-refractivity contribution < 1.29 is 68.1 Å². The van der Waals surface area contributed by atoms with E-state index in [1.54, 1.807) is 0 Å². The molecule has 1 aliphatic carbocycles. The molecule has 284 valence electrons. The molecule has 1 unspecified atom stereocenters. The van der Waals surface area contributed by atoms with Crippen LogP contribution in [0.3, 0.4) is 0 Å². The van der Waals surface area contributed by atoms with E-state index in [1.165, 1.54) is 113 Å². The van der Waals surface area contributed by atoms with Crippen molar-refractivity contribution in [3.8, 4) is 11.5 Å². The van der Waals surface area contributed by atoms with Crippen LogP contribution in [0.1, 0.15) is 81.1 Å². The summed E-state index contributed by atoms with van der Waals surface area (Å²) in [5, 5.41) is 39.5. The molecule has 0 bridgehead atoms. The Morgan fingerprint density at radius 1 is 0.667 bits per heavy atom.